The van der Waals surface area contributed by atoms with E-state index in [1.807, 2.05) is 7.05 Å². The topological polar surface area (TPSA) is 32.3 Å². The minimum absolute atomic E-state index is 0. The second-order valence-electron chi connectivity index (χ2n) is 4.15. The summed E-state index contributed by atoms with van der Waals surface area (Å²) in [5.74, 6) is -0.505. The first-order valence-corrected chi connectivity index (χ1v) is 6.32. The zero-order chi connectivity index (χ0) is 12.4. The normalized spacial score (nSPS) is 18.6. The molecule has 0 radical (unpaired) electrons. The molecule has 1 unspecified atom stereocenters. The molecule has 1 aliphatic heterocycles. The van der Waals surface area contributed by atoms with Crippen molar-refractivity contribution in [2.24, 2.45) is 0 Å². The zero-order valence-corrected chi connectivity index (χ0v) is 12.4. The van der Waals surface area contributed by atoms with Gasteiger partial charge in [0.2, 0.25) is 0 Å². The van der Waals surface area contributed by atoms with Gasteiger partial charge in [-0.2, -0.15) is 0 Å². The van der Waals surface area contributed by atoms with Gasteiger partial charge in [0.1, 0.15) is 5.82 Å². The van der Waals surface area contributed by atoms with Gasteiger partial charge < -0.3 is 10.2 Å². The van der Waals surface area contributed by atoms with E-state index in [2.05, 4.69) is 21.2 Å². The van der Waals surface area contributed by atoms with Gasteiger partial charge in [-0.3, -0.25) is 4.79 Å². The van der Waals surface area contributed by atoms with Crippen LogP contribution in [0.5, 0.6) is 0 Å². The van der Waals surface area contributed by atoms with E-state index in [9.17, 15) is 9.18 Å². The molecule has 2 rings (SSSR count). The molecule has 6 heteroatoms. The quantitative estimate of drug-likeness (QED) is 0.899. The number of likely N-dealkylation sites (N-methyl/N-ethyl adjacent to an activating group) is 1. The van der Waals surface area contributed by atoms with Gasteiger partial charge in [-0.05, 0) is 47.6 Å². The van der Waals surface area contributed by atoms with Crippen molar-refractivity contribution in [2.45, 2.75) is 12.5 Å². The van der Waals surface area contributed by atoms with Crippen LogP contribution in [0.25, 0.3) is 0 Å². The molecule has 1 atom stereocenters. The summed E-state index contributed by atoms with van der Waals surface area (Å²) >= 11 is 3.28. The number of amides is 1. The average molecular weight is 338 g/mol. The van der Waals surface area contributed by atoms with Crippen LogP contribution in [-0.4, -0.2) is 37.0 Å². The highest BCUT2D eigenvalue weighted by Crippen LogP contribution is 2.21. The van der Waals surface area contributed by atoms with Crippen LogP contribution < -0.4 is 5.32 Å². The van der Waals surface area contributed by atoms with Crippen LogP contribution in [0.15, 0.2) is 22.7 Å². The van der Waals surface area contributed by atoms with Gasteiger partial charge in [-0.1, -0.05) is 0 Å². The number of halogens is 3. The van der Waals surface area contributed by atoms with Crippen LogP contribution in [0.1, 0.15) is 16.8 Å². The molecule has 1 aromatic carbocycles. The maximum absolute atomic E-state index is 13.1. The van der Waals surface area contributed by atoms with E-state index in [0.717, 1.165) is 6.42 Å². The van der Waals surface area contributed by atoms with Gasteiger partial charge in [-0.15, -0.1) is 12.4 Å². The third-order valence-corrected chi connectivity index (χ3v) is 3.73. The van der Waals surface area contributed by atoms with E-state index in [0.29, 0.717) is 29.2 Å². The molecule has 0 aliphatic carbocycles. The Bertz CT molecular complexity index is 444. The number of hydrogen-bond acceptors (Lipinski definition) is 2. The molecule has 0 spiro atoms. The molecule has 1 aliphatic rings. The molecular weight excluding hydrogens is 322 g/mol. The number of nitrogens with zero attached hydrogens (tertiary/aromatic N) is 1. The van der Waals surface area contributed by atoms with Crippen molar-refractivity contribution in [3.05, 3.63) is 34.1 Å². The largest absolute Gasteiger partial charge is 0.337 e. The van der Waals surface area contributed by atoms with E-state index >= 15 is 0 Å². The minimum atomic E-state index is -0.388. The van der Waals surface area contributed by atoms with Crippen molar-refractivity contribution < 1.29 is 9.18 Å². The molecule has 1 saturated heterocycles. The van der Waals surface area contributed by atoms with Crippen molar-refractivity contribution in [2.75, 3.05) is 20.1 Å². The maximum atomic E-state index is 13.1. The third-order valence-electron chi connectivity index (χ3n) is 3.04. The summed E-state index contributed by atoms with van der Waals surface area (Å²) in [5.41, 5.74) is 0.391. The van der Waals surface area contributed by atoms with Gasteiger partial charge in [0.05, 0.1) is 5.56 Å². The fourth-order valence-corrected chi connectivity index (χ4v) is 2.43. The lowest BCUT2D eigenvalue weighted by atomic mass is 10.2. The summed E-state index contributed by atoms with van der Waals surface area (Å²) in [6.45, 7) is 1.39. The Morgan fingerprint density at radius 2 is 2.28 bits per heavy atom. The standard InChI is InChI=1S/C12H14BrFN2O.ClH/c1-15-9-4-5-16(7-9)12(17)10-6-8(14)2-3-11(10)13;/h2-3,6,9,15H,4-5,7H2,1H3;1H. The first kappa shape index (κ1) is 15.4. The molecule has 0 aromatic heterocycles. The second kappa shape index (κ2) is 6.50. The van der Waals surface area contributed by atoms with Crippen LogP contribution in [0.2, 0.25) is 0 Å². The molecule has 100 valence electrons. The van der Waals surface area contributed by atoms with Gasteiger partial charge in [-0.25, -0.2) is 4.39 Å². The Labute approximate surface area is 120 Å². The fraction of sp³-hybridized carbons (Fsp3) is 0.417. The molecule has 18 heavy (non-hydrogen) atoms. The molecule has 0 bridgehead atoms. The number of likely N-dealkylation sites (tertiary alicyclic amines) is 1. The summed E-state index contributed by atoms with van der Waals surface area (Å²) in [6.07, 6.45) is 0.940. The van der Waals surface area contributed by atoms with Crippen LogP contribution in [0.4, 0.5) is 4.39 Å². The number of carbonyl (C=O) groups is 1. The highest BCUT2D eigenvalue weighted by Gasteiger charge is 2.27. The van der Waals surface area contributed by atoms with Crippen molar-refractivity contribution in [1.29, 1.82) is 0 Å². The monoisotopic (exact) mass is 336 g/mol. The van der Waals surface area contributed by atoms with Crippen LogP contribution in [0.3, 0.4) is 0 Å². The first-order chi connectivity index (χ1) is 8.11. The minimum Gasteiger partial charge on any atom is -0.337 e. The number of hydrogen-bond donors (Lipinski definition) is 1. The molecule has 1 aromatic rings. The van der Waals surface area contributed by atoms with E-state index in [1.165, 1.54) is 12.1 Å². The van der Waals surface area contributed by atoms with Crippen molar-refractivity contribution in [3.8, 4) is 0 Å². The number of benzene rings is 1. The summed E-state index contributed by atoms with van der Waals surface area (Å²) in [5, 5.41) is 3.15. The van der Waals surface area contributed by atoms with Crippen LogP contribution >= 0.6 is 28.3 Å². The molecule has 1 heterocycles. The Balaban J connectivity index is 0.00000162. The zero-order valence-electron chi connectivity index (χ0n) is 9.95. The molecule has 1 fully saturated rings. The molecular formula is C12H15BrClFN2O. The number of rotatable bonds is 2. The summed E-state index contributed by atoms with van der Waals surface area (Å²) < 4.78 is 13.8. The Kier molecular flexibility index (Phi) is 5.56. The van der Waals surface area contributed by atoms with Gasteiger partial charge >= 0.3 is 0 Å². The summed E-state index contributed by atoms with van der Waals surface area (Å²) in [7, 11) is 1.89. The van der Waals surface area contributed by atoms with Gasteiger partial charge in [0.25, 0.3) is 5.91 Å². The molecule has 3 nitrogen and oxygen atoms in total. The predicted octanol–water partition coefficient (Wildman–Crippen LogP) is 2.44. The van der Waals surface area contributed by atoms with E-state index < -0.39 is 0 Å². The molecule has 0 saturated carbocycles. The van der Waals surface area contributed by atoms with Crippen molar-refractivity contribution in [1.82, 2.24) is 10.2 Å². The van der Waals surface area contributed by atoms with Gasteiger partial charge in [0.15, 0.2) is 0 Å². The lowest BCUT2D eigenvalue weighted by molar-refractivity contribution is 0.0788. The second-order valence-corrected chi connectivity index (χ2v) is 5.00. The van der Waals surface area contributed by atoms with Crippen molar-refractivity contribution >= 4 is 34.2 Å². The van der Waals surface area contributed by atoms with Gasteiger partial charge in [0, 0.05) is 23.6 Å². The number of nitrogens with one attached hydrogen (secondary N) is 1. The highest BCUT2D eigenvalue weighted by atomic mass is 79.9. The first-order valence-electron chi connectivity index (χ1n) is 5.53. The fourth-order valence-electron chi connectivity index (χ4n) is 2.01. The summed E-state index contributed by atoms with van der Waals surface area (Å²) in [6, 6.07) is 4.51. The Morgan fingerprint density at radius 3 is 2.89 bits per heavy atom. The molecule has 1 amide bonds. The Hall–Kier alpha value is -0.650. The van der Waals surface area contributed by atoms with Crippen LogP contribution in [0, 0.1) is 5.82 Å². The number of carbonyl (C=O) groups excluding carboxylic acids is 1. The molecule has 1 N–H and O–H groups in total. The highest BCUT2D eigenvalue weighted by molar-refractivity contribution is 9.10. The third kappa shape index (κ3) is 3.22. The Morgan fingerprint density at radius 1 is 1.56 bits per heavy atom. The van der Waals surface area contributed by atoms with Crippen LogP contribution in [-0.2, 0) is 0 Å². The van der Waals surface area contributed by atoms with E-state index in [-0.39, 0.29) is 24.1 Å². The lowest BCUT2D eigenvalue weighted by Gasteiger charge is -2.17. The van der Waals surface area contributed by atoms with Crippen molar-refractivity contribution in [3.63, 3.8) is 0 Å². The van der Waals surface area contributed by atoms with E-state index in [1.54, 1.807) is 11.0 Å². The predicted molar refractivity (Wildman–Crippen MR) is 74.7 cm³/mol. The summed E-state index contributed by atoms with van der Waals surface area (Å²) in [4.78, 5) is 13.9. The van der Waals surface area contributed by atoms with E-state index in [4.69, 9.17) is 0 Å². The lowest BCUT2D eigenvalue weighted by Crippen LogP contribution is -2.33. The smallest absolute Gasteiger partial charge is 0.255 e. The SMILES string of the molecule is CNC1CCN(C(=O)c2cc(F)ccc2Br)C1.Cl. The maximum Gasteiger partial charge on any atom is 0.255 e. The average Bonchev–Trinajstić information content (AvgIpc) is 2.80.